The summed E-state index contributed by atoms with van der Waals surface area (Å²) in [6.45, 7) is 8.92. The van der Waals surface area contributed by atoms with E-state index in [2.05, 4.69) is 13.8 Å². The van der Waals surface area contributed by atoms with Crippen molar-refractivity contribution in [3.05, 3.63) is 0 Å². The fourth-order valence-corrected chi connectivity index (χ4v) is 8.30. The van der Waals surface area contributed by atoms with E-state index in [-0.39, 0.29) is 37.6 Å². The molecule has 1 aliphatic heterocycles. The van der Waals surface area contributed by atoms with Gasteiger partial charge in [-0.2, -0.15) is 5.06 Å². The maximum Gasteiger partial charge on any atom is 0.472 e. The van der Waals surface area contributed by atoms with E-state index in [0.717, 1.165) is 83.5 Å². The largest absolute Gasteiger partial charge is 0.472 e. The van der Waals surface area contributed by atoms with Gasteiger partial charge in [-0.15, -0.1) is 0 Å². The zero-order valence-corrected chi connectivity index (χ0v) is 40.0. The number of phosphoric acid groups is 1. The van der Waals surface area contributed by atoms with Crippen molar-refractivity contribution in [3.8, 4) is 0 Å². The highest BCUT2D eigenvalue weighted by molar-refractivity contribution is 7.47. The van der Waals surface area contributed by atoms with Gasteiger partial charge >= 0.3 is 19.8 Å². The van der Waals surface area contributed by atoms with Crippen molar-refractivity contribution in [2.75, 3.05) is 54.1 Å². The Bertz CT molecular complexity index is 1120. The minimum Gasteiger partial charge on any atom is -0.462 e. The van der Waals surface area contributed by atoms with Gasteiger partial charge in [0.25, 0.3) is 0 Å². The maximum atomic E-state index is 12.8. The predicted molar refractivity (Wildman–Crippen MR) is 237 cm³/mol. The van der Waals surface area contributed by atoms with Crippen molar-refractivity contribution in [1.82, 2.24) is 5.06 Å². The van der Waals surface area contributed by atoms with E-state index >= 15 is 0 Å². The van der Waals surface area contributed by atoms with Gasteiger partial charge in [-0.05, 0) is 52.4 Å². The number of esters is 2. The topological polar surface area (TPSA) is 141 Å². The van der Waals surface area contributed by atoms with Crippen molar-refractivity contribution >= 4 is 19.8 Å². The number of carbonyl (C=O) groups excluding carboxylic acids is 2. The third kappa shape index (κ3) is 29.0. The molecule has 1 rings (SSSR count). The Hall–Kier alpha value is -1.11. The smallest absolute Gasteiger partial charge is 0.462 e. The summed E-state index contributed by atoms with van der Waals surface area (Å²) in [5.41, 5.74) is -0.885. The van der Waals surface area contributed by atoms with Gasteiger partial charge in [-0.25, -0.2) is 4.57 Å². The summed E-state index contributed by atoms with van der Waals surface area (Å²) in [6, 6.07) is 0. The Kier molecular flexibility index (Phi) is 30.8. The van der Waals surface area contributed by atoms with Crippen LogP contribution in [-0.4, -0.2) is 103 Å². The van der Waals surface area contributed by atoms with Crippen molar-refractivity contribution < 1.29 is 52.0 Å². The maximum absolute atomic E-state index is 12.8. The number of carbonyl (C=O) groups is 2. The second-order valence-electron chi connectivity index (χ2n) is 18.9. The predicted octanol–water partition coefficient (Wildman–Crippen LogP) is 11.8. The number of unbranched alkanes of at least 4 members (excludes halogenated alkanes) is 22. The van der Waals surface area contributed by atoms with Gasteiger partial charge in [0.05, 0.1) is 39.9 Å². The number of nitrogens with zero attached hydrogens (tertiary/aromatic N) is 2. The van der Waals surface area contributed by atoms with E-state index in [9.17, 15) is 24.3 Å². The number of phosphoric ester groups is 1. The van der Waals surface area contributed by atoms with Crippen LogP contribution in [0.2, 0.25) is 0 Å². The lowest BCUT2D eigenvalue weighted by Crippen LogP contribution is -2.50. The van der Waals surface area contributed by atoms with Crippen LogP contribution in [0.25, 0.3) is 0 Å². The molecule has 0 aromatic carbocycles. The number of ether oxygens (including phenoxy) is 3. The van der Waals surface area contributed by atoms with Crippen LogP contribution in [0.3, 0.4) is 0 Å². The molecule has 3 unspecified atom stereocenters. The second kappa shape index (κ2) is 32.5. The zero-order chi connectivity index (χ0) is 43.9. The molecule has 12 nitrogen and oxygen atoms in total. The van der Waals surface area contributed by atoms with Crippen LogP contribution in [0.5, 0.6) is 0 Å². The summed E-state index contributed by atoms with van der Waals surface area (Å²) in [4.78, 5) is 35.5. The fraction of sp³-hybridized carbons (Fsp3) is 0.957. The van der Waals surface area contributed by atoms with Crippen molar-refractivity contribution in [2.45, 2.75) is 231 Å². The minimum absolute atomic E-state index is 0.0224. The first-order valence-electron chi connectivity index (χ1n) is 24.0. The molecule has 1 fully saturated rings. The Morgan fingerprint density at radius 1 is 0.661 bits per heavy atom. The average Bonchev–Trinajstić information content (AvgIpc) is 3.40. The van der Waals surface area contributed by atoms with Crippen LogP contribution in [-0.2, 0) is 37.4 Å². The molecule has 0 aliphatic carbocycles. The van der Waals surface area contributed by atoms with Crippen molar-refractivity contribution in [2.24, 2.45) is 0 Å². The first kappa shape index (κ1) is 55.9. The highest BCUT2D eigenvalue weighted by atomic mass is 31.2. The van der Waals surface area contributed by atoms with Crippen LogP contribution in [0, 0.1) is 0 Å². The third-order valence-electron chi connectivity index (χ3n) is 11.4. The standard InChI is InChI=1S/C46H91N2O10P/c1-8-10-12-13-14-15-16-17-18-21-24-27-30-33-43(49)54-39-42(40-57-59(52,53)56-38-37-48(5,6)7)58-44(50)34-31-28-25-22-19-20-23-26-29-32-36-46(35-11-9-2)47(51)45(3,4)41-55-46/h42,51H,8-41H2,1-7H3/p+1. The number of hydrogen-bond acceptors (Lipinski definition) is 10. The lowest BCUT2D eigenvalue weighted by Gasteiger charge is -2.37. The summed E-state index contributed by atoms with van der Waals surface area (Å²) < 4.78 is 40.6. The van der Waals surface area contributed by atoms with Crippen LogP contribution in [0.1, 0.15) is 214 Å². The molecule has 0 spiro atoms. The normalized spacial score (nSPS) is 18.5. The molecular formula is C46H92N2O10P+. The Morgan fingerprint density at radius 3 is 1.56 bits per heavy atom. The molecule has 13 heteroatoms. The summed E-state index contributed by atoms with van der Waals surface area (Å²) in [5, 5.41) is 12.4. The van der Waals surface area contributed by atoms with Gasteiger partial charge in [0.15, 0.2) is 6.10 Å². The van der Waals surface area contributed by atoms with E-state index in [1.165, 1.54) is 88.5 Å². The molecule has 0 saturated carbocycles. The molecule has 59 heavy (non-hydrogen) atoms. The van der Waals surface area contributed by atoms with Crippen LogP contribution < -0.4 is 0 Å². The molecule has 350 valence electrons. The zero-order valence-electron chi connectivity index (χ0n) is 39.1. The number of hydroxylamine groups is 2. The van der Waals surface area contributed by atoms with Gasteiger partial charge in [-0.3, -0.25) is 18.6 Å². The molecule has 2 N–H and O–H groups in total. The molecule has 1 aliphatic rings. The SMILES string of the molecule is CCCCCCCCCCCCCCCC(=O)OCC(COP(=O)(O)OCC[N+](C)(C)C)OC(=O)CCCCCCCCCCCCC1(CCCC)OCC(C)(C)N1O. The molecular weight excluding hydrogens is 771 g/mol. The van der Waals surface area contributed by atoms with Crippen LogP contribution >= 0.6 is 7.82 Å². The first-order valence-corrected chi connectivity index (χ1v) is 25.5. The third-order valence-corrected chi connectivity index (χ3v) is 12.4. The van der Waals surface area contributed by atoms with Crippen molar-refractivity contribution in [1.29, 1.82) is 0 Å². The van der Waals surface area contributed by atoms with Gasteiger partial charge in [0.1, 0.15) is 25.5 Å². The molecule has 1 saturated heterocycles. The molecule has 0 aromatic heterocycles. The number of rotatable bonds is 40. The summed E-state index contributed by atoms with van der Waals surface area (Å²) >= 11 is 0. The highest BCUT2D eigenvalue weighted by Gasteiger charge is 2.50. The lowest BCUT2D eigenvalue weighted by atomic mass is 9.95. The molecule has 1 heterocycles. The second-order valence-corrected chi connectivity index (χ2v) is 20.4. The number of likely N-dealkylation sites (N-methyl/N-ethyl adjacent to an activating group) is 1. The quantitative estimate of drug-likeness (QED) is 0.0263. The summed E-state index contributed by atoms with van der Waals surface area (Å²) in [6.07, 6.45) is 29.8. The number of hydrogen-bond donors (Lipinski definition) is 2. The molecule has 0 radical (unpaired) electrons. The Morgan fingerprint density at radius 2 is 1.10 bits per heavy atom. The van der Waals surface area contributed by atoms with Crippen LogP contribution in [0.4, 0.5) is 0 Å². The van der Waals surface area contributed by atoms with Gasteiger partial charge < -0.3 is 28.8 Å². The Balaban J connectivity index is 2.32. The van der Waals surface area contributed by atoms with E-state index in [4.69, 9.17) is 23.3 Å². The van der Waals surface area contributed by atoms with Crippen LogP contribution in [0.15, 0.2) is 0 Å². The fourth-order valence-electron chi connectivity index (χ4n) is 7.55. The lowest BCUT2D eigenvalue weighted by molar-refractivity contribution is -0.870. The number of quaternary nitrogens is 1. The van der Waals surface area contributed by atoms with E-state index in [1.54, 1.807) is 0 Å². The molecule has 0 amide bonds. The average molecular weight is 864 g/mol. The van der Waals surface area contributed by atoms with E-state index in [0.29, 0.717) is 24.1 Å². The summed E-state index contributed by atoms with van der Waals surface area (Å²) in [7, 11) is 1.45. The van der Waals surface area contributed by atoms with Gasteiger partial charge in [0, 0.05) is 12.8 Å². The molecule has 0 aromatic rings. The minimum atomic E-state index is -4.39. The van der Waals surface area contributed by atoms with Gasteiger partial charge in [-0.1, -0.05) is 149 Å². The molecule has 3 atom stereocenters. The molecule has 0 bridgehead atoms. The van der Waals surface area contributed by atoms with Crippen molar-refractivity contribution in [3.63, 3.8) is 0 Å². The van der Waals surface area contributed by atoms with E-state index < -0.39 is 32.2 Å². The highest BCUT2D eigenvalue weighted by Crippen LogP contribution is 2.43. The summed E-state index contributed by atoms with van der Waals surface area (Å²) in [5.74, 6) is -0.825. The van der Waals surface area contributed by atoms with Gasteiger partial charge in [0.2, 0.25) is 0 Å². The first-order chi connectivity index (χ1) is 28.1. The monoisotopic (exact) mass is 864 g/mol. The Labute approximate surface area is 361 Å². The van der Waals surface area contributed by atoms with E-state index in [1.807, 2.05) is 35.0 Å².